The fraction of sp³-hybridized carbons (Fsp3) is 0.545. The van der Waals surface area contributed by atoms with Crippen molar-refractivity contribution in [1.29, 1.82) is 0 Å². The zero-order chi connectivity index (χ0) is 10.7. The standard InChI is InChI=1S/C11H15FN2O/c12-9-2-1-3-10(14-9)13-8-11(4-5-11)6-7-15/h1-3,15H,4-8H2,(H,13,14). The van der Waals surface area contributed by atoms with E-state index in [-0.39, 0.29) is 12.0 Å². The Morgan fingerprint density at radius 2 is 2.27 bits per heavy atom. The fourth-order valence-electron chi connectivity index (χ4n) is 1.71. The predicted octanol–water partition coefficient (Wildman–Crippen LogP) is 1.80. The Kier molecular flexibility index (Phi) is 2.86. The molecule has 15 heavy (non-hydrogen) atoms. The molecule has 0 spiro atoms. The number of halogens is 1. The van der Waals surface area contributed by atoms with Crippen molar-refractivity contribution >= 4 is 5.82 Å². The summed E-state index contributed by atoms with van der Waals surface area (Å²) >= 11 is 0. The summed E-state index contributed by atoms with van der Waals surface area (Å²) < 4.78 is 12.8. The van der Waals surface area contributed by atoms with Crippen LogP contribution in [0.1, 0.15) is 19.3 Å². The molecule has 0 aliphatic heterocycles. The Morgan fingerprint density at radius 3 is 2.87 bits per heavy atom. The summed E-state index contributed by atoms with van der Waals surface area (Å²) in [6, 6.07) is 4.71. The van der Waals surface area contributed by atoms with Gasteiger partial charge in [0, 0.05) is 13.2 Å². The second-order valence-corrected chi connectivity index (χ2v) is 4.17. The number of pyridine rings is 1. The Hall–Kier alpha value is -1.16. The molecule has 1 aromatic rings. The Morgan fingerprint density at radius 1 is 1.47 bits per heavy atom. The Bertz CT molecular complexity index is 339. The molecule has 1 aromatic heterocycles. The molecule has 0 aromatic carbocycles. The lowest BCUT2D eigenvalue weighted by molar-refractivity contribution is 0.253. The highest BCUT2D eigenvalue weighted by atomic mass is 19.1. The molecule has 0 atom stereocenters. The molecular formula is C11H15FN2O. The van der Waals surface area contributed by atoms with Crippen molar-refractivity contribution in [3.8, 4) is 0 Å². The number of nitrogens with one attached hydrogen (secondary N) is 1. The van der Waals surface area contributed by atoms with Crippen molar-refractivity contribution in [3.05, 3.63) is 24.1 Å². The maximum Gasteiger partial charge on any atom is 0.214 e. The maximum atomic E-state index is 12.8. The summed E-state index contributed by atoms with van der Waals surface area (Å²) in [6.45, 7) is 0.988. The molecule has 3 nitrogen and oxygen atoms in total. The summed E-state index contributed by atoms with van der Waals surface area (Å²) in [5, 5.41) is 12.0. The van der Waals surface area contributed by atoms with Crippen LogP contribution in [-0.4, -0.2) is 23.2 Å². The molecule has 0 amide bonds. The van der Waals surface area contributed by atoms with Crippen LogP contribution in [0.2, 0.25) is 0 Å². The molecule has 82 valence electrons. The van der Waals surface area contributed by atoms with Crippen molar-refractivity contribution in [1.82, 2.24) is 4.98 Å². The van der Waals surface area contributed by atoms with Gasteiger partial charge in [-0.1, -0.05) is 6.07 Å². The fourth-order valence-corrected chi connectivity index (χ4v) is 1.71. The monoisotopic (exact) mass is 210 g/mol. The summed E-state index contributed by atoms with van der Waals surface area (Å²) in [5.41, 5.74) is 0.225. The van der Waals surface area contributed by atoms with Gasteiger partial charge in [-0.25, -0.2) is 4.98 Å². The Balaban J connectivity index is 1.88. The van der Waals surface area contributed by atoms with Gasteiger partial charge in [-0.3, -0.25) is 0 Å². The van der Waals surface area contributed by atoms with Gasteiger partial charge in [-0.15, -0.1) is 0 Å². The highest BCUT2D eigenvalue weighted by molar-refractivity contribution is 5.34. The minimum Gasteiger partial charge on any atom is -0.396 e. The number of aliphatic hydroxyl groups excluding tert-OH is 1. The Labute approximate surface area is 88.3 Å². The third-order valence-corrected chi connectivity index (χ3v) is 2.96. The van der Waals surface area contributed by atoms with Crippen LogP contribution in [0.4, 0.5) is 10.2 Å². The number of nitrogens with zero attached hydrogens (tertiary/aromatic N) is 1. The first-order valence-electron chi connectivity index (χ1n) is 5.21. The minimum absolute atomic E-state index is 0.220. The van der Waals surface area contributed by atoms with E-state index >= 15 is 0 Å². The van der Waals surface area contributed by atoms with Gasteiger partial charge in [0.25, 0.3) is 0 Å². The van der Waals surface area contributed by atoms with Crippen LogP contribution in [0.25, 0.3) is 0 Å². The second-order valence-electron chi connectivity index (χ2n) is 4.17. The number of hydrogen-bond acceptors (Lipinski definition) is 3. The molecule has 1 aliphatic carbocycles. The molecule has 1 aliphatic rings. The summed E-state index contributed by atoms with van der Waals surface area (Å²) in [5.74, 6) is 0.103. The van der Waals surface area contributed by atoms with E-state index in [1.807, 2.05) is 0 Å². The lowest BCUT2D eigenvalue weighted by Crippen LogP contribution is -2.17. The average molecular weight is 210 g/mol. The summed E-state index contributed by atoms with van der Waals surface area (Å²) in [7, 11) is 0. The van der Waals surface area contributed by atoms with Crippen LogP contribution in [-0.2, 0) is 0 Å². The van der Waals surface area contributed by atoms with E-state index in [0.29, 0.717) is 5.82 Å². The zero-order valence-corrected chi connectivity index (χ0v) is 8.54. The molecular weight excluding hydrogens is 195 g/mol. The quantitative estimate of drug-likeness (QED) is 0.728. The van der Waals surface area contributed by atoms with Crippen LogP contribution in [0, 0.1) is 11.4 Å². The van der Waals surface area contributed by atoms with E-state index in [0.717, 1.165) is 25.8 Å². The van der Waals surface area contributed by atoms with Crippen LogP contribution >= 0.6 is 0 Å². The van der Waals surface area contributed by atoms with E-state index in [9.17, 15) is 4.39 Å². The molecule has 2 rings (SSSR count). The van der Waals surface area contributed by atoms with E-state index in [1.54, 1.807) is 12.1 Å². The zero-order valence-electron chi connectivity index (χ0n) is 8.54. The van der Waals surface area contributed by atoms with Crippen LogP contribution in [0.5, 0.6) is 0 Å². The van der Waals surface area contributed by atoms with Crippen molar-refractivity contribution in [2.75, 3.05) is 18.5 Å². The third kappa shape index (κ3) is 2.65. The molecule has 1 fully saturated rings. The van der Waals surface area contributed by atoms with E-state index in [1.165, 1.54) is 6.07 Å². The molecule has 0 bridgehead atoms. The lowest BCUT2D eigenvalue weighted by Gasteiger charge is -2.14. The third-order valence-electron chi connectivity index (χ3n) is 2.96. The van der Waals surface area contributed by atoms with Crippen molar-refractivity contribution in [2.24, 2.45) is 5.41 Å². The van der Waals surface area contributed by atoms with Crippen molar-refractivity contribution < 1.29 is 9.50 Å². The second kappa shape index (κ2) is 4.14. The first-order chi connectivity index (χ1) is 7.24. The summed E-state index contributed by atoms with van der Waals surface area (Å²) in [4.78, 5) is 3.72. The SMILES string of the molecule is OCCC1(CNc2cccc(F)n2)CC1. The highest BCUT2D eigenvalue weighted by Gasteiger charge is 2.41. The molecule has 0 unspecified atom stereocenters. The molecule has 1 heterocycles. The van der Waals surface area contributed by atoms with Gasteiger partial charge in [0.15, 0.2) is 0 Å². The number of aliphatic hydroxyl groups is 1. The first-order valence-corrected chi connectivity index (χ1v) is 5.21. The van der Waals surface area contributed by atoms with Crippen LogP contribution in [0.15, 0.2) is 18.2 Å². The normalized spacial score (nSPS) is 17.5. The van der Waals surface area contributed by atoms with Gasteiger partial charge in [-0.2, -0.15) is 4.39 Å². The van der Waals surface area contributed by atoms with Crippen LogP contribution in [0.3, 0.4) is 0 Å². The van der Waals surface area contributed by atoms with E-state index in [2.05, 4.69) is 10.3 Å². The first kappa shape index (κ1) is 10.4. The molecule has 1 saturated carbocycles. The minimum atomic E-state index is -0.466. The number of anilines is 1. The van der Waals surface area contributed by atoms with E-state index in [4.69, 9.17) is 5.11 Å². The van der Waals surface area contributed by atoms with Gasteiger partial charge >= 0.3 is 0 Å². The van der Waals surface area contributed by atoms with Crippen LogP contribution < -0.4 is 5.32 Å². The number of aromatic nitrogens is 1. The van der Waals surface area contributed by atoms with Gasteiger partial charge in [0.1, 0.15) is 5.82 Å². The maximum absolute atomic E-state index is 12.8. The molecule has 4 heteroatoms. The molecule has 0 radical (unpaired) electrons. The molecule has 0 saturated heterocycles. The van der Waals surface area contributed by atoms with E-state index < -0.39 is 5.95 Å². The number of rotatable bonds is 5. The van der Waals surface area contributed by atoms with Gasteiger partial charge in [0.2, 0.25) is 5.95 Å². The lowest BCUT2D eigenvalue weighted by atomic mass is 10.0. The topological polar surface area (TPSA) is 45.1 Å². The summed E-state index contributed by atoms with van der Waals surface area (Å²) in [6.07, 6.45) is 3.08. The van der Waals surface area contributed by atoms with Gasteiger partial charge < -0.3 is 10.4 Å². The number of hydrogen-bond donors (Lipinski definition) is 2. The highest BCUT2D eigenvalue weighted by Crippen LogP contribution is 2.48. The molecule has 2 N–H and O–H groups in total. The average Bonchev–Trinajstić information content (AvgIpc) is 2.97. The smallest absolute Gasteiger partial charge is 0.214 e. The van der Waals surface area contributed by atoms with Gasteiger partial charge in [0.05, 0.1) is 0 Å². The largest absolute Gasteiger partial charge is 0.396 e. The van der Waals surface area contributed by atoms with Gasteiger partial charge in [-0.05, 0) is 36.8 Å². The predicted molar refractivity (Wildman–Crippen MR) is 56.1 cm³/mol. The van der Waals surface area contributed by atoms with Crippen molar-refractivity contribution in [3.63, 3.8) is 0 Å². The van der Waals surface area contributed by atoms with Crippen molar-refractivity contribution in [2.45, 2.75) is 19.3 Å².